The average Bonchev–Trinajstić information content (AvgIpc) is 3.39. The summed E-state index contributed by atoms with van der Waals surface area (Å²) in [6, 6.07) is 5.09. The Bertz CT molecular complexity index is 1500. The molecule has 0 radical (unpaired) electrons. The van der Waals surface area contributed by atoms with Gasteiger partial charge in [-0.1, -0.05) is 59.1 Å². The van der Waals surface area contributed by atoms with Crippen LogP contribution in [0.3, 0.4) is 0 Å². The predicted octanol–water partition coefficient (Wildman–Crippen LogP) is 7.14. The van der Waals surface area contributed by atoms with Gasteiger partial charge in [0.15, 0.2) is 5.75 Å². The number of hydrogen-bond acceptors (Lipinski definition) is 8. The molecule has 0 saturated heterocycles. The van der Waals surface area contributed by atoms with Crippen molar-refractivity contribution >= 4 is 57.9 Å². The molecule has 230 valence electrons. The van der Waals surface area contributed by atoms with Gasteiger partial charge < -0.3 is 10.1 Å². The topological polar surface area (TPSA) is 128 Å². The first-order valence-corrected chi connectivity index (χ1v) is 14.3. The van der Waals surface area contributed by atoms with Crippen molar-refractivity contribution in [3.63, 3.8) is 0 Å². The number of carbonyl (C=O) groups excluding carboxylic acids is 2. The molecule has 1 saturated carbocycles. The van der Waals surface area contributed by atoms with E-state index >= 15 is 0 Å². The zero-order valence-corrected chi connectivity index (χ0v) is 24.6. The molecule has 0 aliphatic heterocycles. The Morgan fingerprint density at radius 2 is 1.79 bits per heavy atom. The maximum Gasteiger partial charge on any atom is 0.461 e. The van der Waals surface area contributed by atoms with Gasteiger partial charge in [0, 0.05) is 17.8 Å². The van der Waals surface area contributed by atoms with Crippen LogP contribution in [0.25, 0.3) is 0 Å². The van der Waals surface area contributed by atoms with E-state index in [4.69, 9.17) is 23.2 Å². The zero-order chi connectivity index (χ0) is 31.5. The van der Waals surface area contributed by atoms with Crippen LogP contribution in [0.1, 0.15) is 59.1 Å². The smallest absolute Gasteiger partial charge is 0.425 e. The van der Waals surface area contributed by atoms with Gasteiger partial charge in [0.2, 0.25) is 5.91 Å². The number of nitro benzene ring substituents is 1. The molecule has 1 unspecified atom stereocenters. The fourth-order valence-corrected chi connectivity index (χ4v) is 5.84. The van der Waals surface area contributed by atoms with Gasteiger partial charge in [-0.3, -0.25) is 24.6 Å². The summed E-state index contributed by atoms with van der Waals surface area (Å²) < 4.78 is 61.0. The van der Waals surface area contributed by atoms with Gasteiger partial charge >= 0.3 is 12.5 Å². The number of benzene rings is 2. The van der Waals surface area contributed by atoms with E-state index in [2.05, 4.69) is 19.6 Å². The standard InChI is InChI=1S/C26H23Cl2F4N5O5S/c1-13-22(43-35-34-13)24(39)36(15-11-17(27)21(18(28)12-15)42-26(31,32)25(29)30)20(16-9-5-6-10-19(16)37(40)41)23(38)33-14-7-3-2-4-8-14/h5-6,9-12,14,20,25H,2-4,7-8H2,1H3,(H,33,38). The molecule has 1 fully saturated rings. The number of aromatic nitrogens is 2. The highest BCUT2D eigenvalue weighted by atomic mass is 35.5. The molecule has 2 amide bonds. The Morgan fingerprint density at radius 3 is 2.35 bits per heavy atom. The maximum atomic E-state index is 14.1. The Kier molecular flexibility index (Phi) is 10.1. The minimum Gasteiger partial charge on any atom is -0.425 e. The third-order valence-electron chi connectivity index (χ3n) is 6.70. The lowest BCUT2D eigenvalue weighted by molar-refractivity contribution is -0.385. The van der Waals surface area contributed by atoms with Gasteiger partial charge in [0.25, 0.3) is 11.6 Å². The van der Waals surface area contributed by atoms with Crippen molar-refractivity contribution in [2.75, 3.05) is 4.90 Å². The van der Waals surface area contributed by atoms with E-state index in [0.29, 0.717) is 24.4 Å². The van der Waals surface area contributed by atoms with Gasteiger partial charge in [0.05, 0.1) is 26.2 Å². The van der Waals surface area contributed by atoms with Gasteiger partial charge in [-0.05, 0) is 49.5 Å². The maximum absolute atomic E-state index is 14.1. The summed E-state index contributed by atoms with van der Waals surface area (Å²) in [5.41, 5.74) is -0.775. The van der Waals surface area contributed by atoms with Crippen LogP contribution in [0.5, 0.6) is 5.75 Å². The fourth-order valence-electron chi connectivity index (χ4n) is 4.69. The molecule has 1 aliphatic carbocycles. The third kappa shape index (κ3) is 7.16. The molecule has 4 rings (SSSR count). The molecule has 43 heavy (non-hydrogen) atoms. The number of hydrogen-bond donors (Lipinski definition) is 1. The Morgan fingerprint density at radius 1 is 1.16 bits per heavy atom. The lowest BCUT2D eigenvalue weighted by Crippen LogP contribution is -2.47. The number of rotatable bonds is 10. The highest BCUT2D eigenvalue weighted by Gasteiger charge is 2.45. The number of ether oxygens (including phenoxy) is 1. The number of aryl methyl sites for hydroxylation is 1. The minimum absolute atomic E-state index is 0.0501. The molecule has 0 spiro atoms. The monoisotopic (exact) mass is 663 g/mol. The molecule has 17 heteroatoms. The SMILES string of the molecule is Cc1nnsc1C(=O)N(c1cc(Cl)c(OC(F)(F)C(F)F)c(Cl)c1)C(C(=O)NC1CCCCC1)c1ccccc1[N+](=O)[O-]. The molecule has 0 bridgehead atoms. The molecule has 2 aromatic carbocycles. The van der Waals surface area contributed by atoms with Crippen molar-refractivity contribution < 1.29 is 36.8 Å². The second-order valence-electron chi connectivity index (χ2n) is 9.63. The van der Waals surface area contributed by atoms with E-state index in [1.807, 2.05) is 0 Å². The summed E-state index contributed by atoms with van der Waals surface area (Å²) >= 11 is 13.0. The van der Waals surface area contributed by atoms with Crippen LogP contribution in [0, 0.1) is 17.0 Å². The number of carbonyl (C=O) groups is 2. The molecular weight excluding hydrogens is 641 g/mol. The largest absolute Gasteiger partial charge is 0.461 e. The molecule has 10 nitrogen and oxygen atoms in total. The van der Waals surface area contributed by atoms with Crippen LogP contribution in [0.2, 0.25) is 10.0 Å². The van der Waals surface area contributed by atoms with Gasteiger partial charge in [-0.15, -0.1) is 5.10 Å². The van der Waals surface area contributed by atoms with Crippen molar-refractivity contribution in [3.8, 4) is 5.75 Å². The Balaban J connectivity index is 1.92. The fraction of sp³-hybridized carbons (Fsp3) is 0.385. The van der Waals surface area contributed by atoms with Crippen LogP contribution in [-0.4, -0.2) is 44.9 Å². The van der Waals surface area contributed by atoms with E-state index in [1.54, 1.807) is 0 Å². The second kappa shape index (κ2) is 13.4. The number of amides is 2. The van der Waals surface area contributed by atoms with Crippen LogP contribution >= 0.6 is 34.7 Å². The van der Waals surface area contributed by atoms with Gasteiger partial charge in [0.1, 0.15) is 10.9 Å². The average molecular weight is 664 g/mol. The third-order valence-corrected chi connectivity index (χ3v) is 8.08. The quantitative estimate of drug-likeness (QED) is 0.139. The zero-order valence-electron chi connectivity index (χ0n) is 22.2. The predicted molar refractivity (Wildman–Crippen MR) is 150 cm³/mol. The minimum atomic E-state index is -4.96. The lowest BCUT2D eigenvalue weighted by Gasteiger charge is -2.33. The highest BCUT2D eigenvalue weighted by Crippen LogP contribution is 2.44. The van der Waals surface area contributed by atoms with Crippen LogP contribution in [-0.2, 0) is 4.79 Å². The second-order valence-corrected chi connectivity index (χ2v) is 11.2. The van der Waals surface area contributed by atoms with Crippen molar-refractivity contribution in [1.82, 2.24) is 14.9 Å². The number of anilines is 1. The number of nitrogens with zero attached hydrogens (tertiary/aromatic N) is 4. The summed E-state index contributed by atoms with van der Waals surface area (Å²) in [4.78, 5) is 40.3. The molecule has 3 aromatic rings. The Hall–Kier alpha value is -3.56. The molecule has 1 aromatic heterocycles. The van der Waals surface area contributed by atoms with Gasteiger partial charge in [-0.25, -0.2) is 0 Å². The Labute approximate surface area is 256 Å². The first-order chi connectivity index (χ1) is 20.3. The molecule has 1 N–H and O–H groups in total. The molecule has 1 atom stereocenters. The van der Waals surface area contributed by atoms with E-state index in [9.17, 15) is 37.3 Å². The number of para-hydroxylation sites is 1. The van der Waals surface area contributed by atoms with E-state index < -0.39 is 56.8 Å². The summed E-state index contributed by atoms with van der Waals surface area (Å²) in [5.74, 6) is -2.68. The van der Waals surface area contributed by atoms with Crippen molar-refractivity contribution in [2.24, 2.45) is 0 Å². The first kappa shape index (κ1) is 32.4. The normalized spacial score (nSPS) is 14.8. The van der Waals surface area contributed by atoms with E-state index in [-0.39, 0.29) is 27.9 Å². The summed E-state index contributed by atoms with van der Waals surface area (Å²) in [6.07, 6.45) is -5.24. The lowest BCUT2D eigenvalue weighted by atomic mass is 9.94. The first-order valence-electron chi connectivity index (χ1n) is 12.8. The number of nitrogens with one attached hydrogen (secondary N) is 1. The van der Waals surface area contributed by atoms with Crippen molar-refractivity contribution in [2.45, 2.75) is 63.6 Å². The number of alkyl halides is 4. The van der Waals surface area contributed by atoms with Gasteiger partial charge in [-0.2, -0.15) is 17.6 Å². The van der Waals surface area contributed by atoms with Crippen molar-refractivity contribution in [3.05, 3.63) is 72.7 Å². The molecule has 1 aliphatic rings. The number of halogens is 6. The van der Waals surface area contributed by atoms with Crippen LogP contribution in [0.15, 0.2) is 36.4 Å². The molecular formula is C26H23Cl2F4N5O5S. The molecule has 1 heterocycles. The summed E-state index contributed by atoms with van der Waals surface area (Å²) in [6.45, 7) is 1.47. The number of nitro groups is 1. The van der Waals surface area contributed by atoms with Crippen LogP contribution < -0.4 is 15.0 Å². The highest BCUT2D eigenvalue weighted by molar-refractivity contribution is 7.08. The summed E-state index contributed by atoms with van der Waals surface area (Å²) in [7, 11) is 0. The van der Waals surface area contributed by atoms with E-state index in [0.717, 1.165) is 42.4 Å². The van der Waals surface area contributed by atoms with Crippen LogP contribution in [0.4, 0.5) is 28.9 Å². The van der Waals surface area contributed by atoms with E-state index in [1.165, 1.54) is 25.1 Å². The summed E-state index contributed by atoms with van der Waals surface area (Å²) in [5, 5.41) is 17.4. The van der Waals surface area contributed by atoms with Crippen molar-refractivity contribution in [1.29, 1.82) is 0 Å².